The number of ether oxygens (including phenoxy) is 4. The monoisotopic (exact) mass is 536 g/mol. The van der Waals surface area contributed by atoms with E-state index in [2.05, 4.69) is 15.3 Å². The largest absolute Gasteiger partial charge is 0.493 e. The Morgan fingerprint density at radius 3 is 2.79 bits per heavy atom. The third-order valence-corrected chi connectivity index (χ3v) is 8.02. The highest BCUT2D eigenvalue weighted by molar-refractivity contribution is 5.89. The molecule has 1 aromatic carbocycles. The lowest BCUT2D eigenvalue weighted by atomic mass is 9.77. The molecule has 0 saturated carbocycles. The summed E-state index contributed by atoms with van der Waals surface area (Å²) in [6, 6.07) is 5.23. The van der Waals surface area contributed by atoms with Crippen molar-refractivity contribution in [3.63, 3.8) is 0 Å². The number of nitrogens with one attached hydrogen (secondary N) is 1. The first-order valence-electron chi connectivity index (χ1n) is 13.5. The molecule has 1 aromatic heterocycles. The van der Waals surface area contributed by atoms with Gasteiger partial charge in [-0.2, -0.15) is 0 Å². The van der Waals surface area contributed by atoms with E-state index in [-0.39, 0.29) is 23.7 Å². The van der Waals surface area contributed by atoms with Gasteiger partial charge in [-0.15, -0.1) is 0 Å². The molecule has 4 aliphatic rings. The van der Waals surface area contributed by atoms with E-state index < -0.39 is 5.92 Å². The van der Waals surface area contributed by atoms with Crippen molar-refractivity contribution in [2.45, 2.75) is 38.8 Å². The second-order valence-corrected chi connectivity index (χ2v) is 10.7. The Balaban J connectivity index is 1.09. The smallest absolute Gasteiger partial charge is 0.222 e. The number of halogens is 1. The van der Waals surface area contributed by atoms with Crippen LogP contribution in [0.15, 0.2) is 52.7 Å². The number of amides is 1. The molecule has 0 aliphatic carbocycles. The van der Waals surface area contributed by atoms with Gasteiger partial charge in [0.25, 0.3) is 0 Å². The summed E-state index contributed by atoms with van der Waals surface area (Å²) in [6.45, 7) is 5.52. The van der Waals surface area contributed by atoms with Gasteiger partial charge < -0.3 is 29.2 Å². The minimum Gasteiger partial charge on any atom is -0.493 e. The first-order valence-corrected chi connectivity index (χ1v) is 13.5. The Kier molecular flexibility index (Phi) is 6.88. The molecule has 6 rings (SSSR count). The number of carbonyl (C=O) groups is 1. The molecular weight excluding hydrogens is 503 g/mol. The number of hydrogen-bond donors (Lipinski definition) is 1. The van der Waals surface area contributed by atoms with Crippen molar-refractivity contribution in [2.24, 2.45) is 16.3 Å². The van der Waals surface area contributed by atoms with Gasteiger partial charge in [-0.05, 0) is 38.3 Å². The number of methoxy groups -OCH3 is 1. The molecule has 0 radical (unpaired) electrons. The molecule has 10 heteroatoms. The lowest BCUT2D eigenvalue weighted by Gasteiger charge is -2.47. The number of rotatable bonds is 8. The van der Waals surface area contributed by atoms with Crippen LogP contribution in [0.3, 0.4) is 0 Å². The fraction of sp³-hybridized carbons (Fsp3) is 0.483. The van der Waals surface area contributed by atoms with E-state index in [1.54, 1.807) is 31.5 Å². The molecule has 4 aliphatic heterocycles. The number of benzene rings is 1. The average Bonchev–Trinajstić information content (AvgIpc) is 3.32. The molecule has 1 N–H and O–H groups in total. The predicted molar refractivity (Wildman–Crippen MR) is 144 cm³/mol. The Morgan fingerprint density at radius 1 is 1.23 bits per heavy atom. The highest BCUT2D eigenvalue weighted by atomic mass is 19.1. The number of dihydropyridines is 1. The molecule has 0 bridgehead atoms. The SMILES string of the molecule is COc1cc2c(OC3=C(F)C4C=C(C)NC4N=C3)ccnc2cc1OCCCC(=O)N1CCC2(CC1)COC2. The van der Waals surface area contributed by atoms with E-state index in [9.17, 15) is 4.79 Å². The normalized spacial score (nSPS) is 23.3. The van der Waals surface area contributed by atoms with Crippen LogP contribution in [-0.2, 0) is 9.53 Å². The summed E-state index contributed by atoms with van der Waals surface area (Å²) in [5.74, 6) is 0.855. The number of likely N-dealkylation sites (tertiary alicyclic amines) is 1. The zero-order valence-corrected chi connectivity index (χ0v) is 22.2. The first kappa shape index (κ1) is 25.6. The predicted octanol–water partition coefficient (Wildman–Crippen LogP) is 4.14. The van der Waals surface area contributed by atoms with E-state index in [0.717, 1.165) is 44.8 Å². The number of fused-ring (bicyclic) bond motifs is 2. The number of allylic oxidation sites excluding steroid dienone is 2. The maximum Gasteiger partial charge on any atom is 0.222 e. The van der Waals surface area contributed by atoms with Gasteiger partial charge >= 0.3 is 0 Å². The van der Waals surface area contributed by atoms with Gasteiger partial charge in [0, 0.05) is 48.3 Å². The molecule has 5 heterocycles. The quantitative estimate of drug-likeness (QED) is 0.507. The van der Waals surface area contributed by atoms with Gasteiger partial charge in [-0.1, -0.05) is 6.08 Å². The molecule has 2 aromatic rings. The van der Waals surface area contributed by atoms with E-state index in [4.69, 9.17) is 18.9 Å². The van der Waals surface area contributed by atoms with Gasteiger partial charge in [-0.25, -0.2) is 4.39 Å². The third kappa shape index (κ3) is 5.05. The zero-order valence-electron chi connectivity index (χ0n) is 22.2. The number of piperidine rings is 1. The van der Waals surface area contributed by atoms with Gasteiger partial charge in [0.15, 0.2) is 23.1 Å². The van der Waals surface area contributed by atoms with Gasteiger partial charge in [0.2, 0.25) is 5.91 Å². The van der Waals surface area contributed by atoms with Crippen molar-refractivity contribution in [3.05, 3.63) is 47.8 Å². The minimum absolute atomic E-state index is 0.0744. The Hall–Kier alpha value is -3.66. The summed E-state index contributed by atoms with van der Waals surface area (Å²) >= 11 is 0. The van der Waals surface area contributed by atoms with Crippen molar-refractivity contribution < 1.29 is 28.1 Å². The van der Waals surface area contributed by atoms with Gasteiger partial charge in [-0.3, -0.25) is 14.8 Å². The van der Waals surface area contributed by atoms with Crippen LogP contribution in [0.4, 0.5) is 4.39 Å². The highest BCUT2D eigenvalue weighted by Crippen LogP contribution is 2.39. The molecule has 2 atom stereocenters. The summed E-state index contributed by atoms with van der Waals surface area (Å²) < 4.78 is 38.1. The van der Waals surface area contributed by atoms with Crippen LogP contribution in [0, 0.1) is 11.3 Å². The summed E-state index contributed by atoms with van der Waals surface area (Å²) in [6.07, 6.45) is 7.58. The lowest BCUT2D eigenvalue weighted by Crippen LogP contribution is -2.52. The van der Waals surface area contributed by atoms with Crippen molar-refractivity contribution in [2.75, 3.05) is 40.0 Å². The first-order chi connectivity index (χ1) is 18.9. The molecule has 39 heavy (non-hydrogen) atoms. The van der Waals surface area contributed by atoms with Crippen LogP contribution < -0.4 is 19.5 Å². The van der Waals surface area contributed by atoms with E-state index in [1.807, 2.05) is 17.9 Å². The number of nitrogens with zero attached hydrogens (tertiary/aromatic N) is 3. The fourth-order valence-electron chi connectivity index (χ4n) is 5.60. The van der Waals surface area contributed by atoms with Crippen LogP contribution in [0.1, 0.15) is 32.6 Å². The van der Waals surface area contributed by atoms with Crippen molar-refractivity contribution in [3.8, 4) is 17.2 Å². The van der Waals surface area contributed by atoms with Gasteiger partial charge in [0.1, 0.15) is 11.9 Å². The van der Waals surface area contributed by atoms with Crippen LogP contribution in [0.25, 0.3) is 10.9 Å². The zero-order chi connectivity index (χ0) is 27.0. The highest BCUT2D eigenvalue weighted by Gasteiger charge is 2.41. The summed E-state index contributed by atoms with van der Waals surface area (Å²) in [5, 5.41) is 3.80. The van der Waals surface area contributed by atoms with Crippen LogP contribution in [-0.4, -0.2) is 68.2 Å². The summed E-state index contributed by atoms with van der Waals surface area (Å²) in [5.41, 5.74) is 1.82. The average molecular weight is 537 g/mol. The number of carbonyl (C=O) groups excluding carboxylic acids is 1. The molecule has 9 nitrogen and oxygen atoms in total. The number of aliphatic imine (C=N–C) groups is 1. The van der Waals surface area contributed by atoms with E-state index in [1.165, 1.54) is 6.21 Å². The summed E-state index contributed by atoms with van der Waals surface area (Å²) in [4.78, 5) is 23.5. The Labute approximate surface area is 226 Å². The topological polar surface area (TPSA) is 94.5 Å². The number of hydrogen-bond acceptors (Lipinski definition) is 8. The van der Waals surface area contributed by atoms with E-state index >= 15 is 4.39 Å². The maximum absolute atomic E-state index is 15.2. The third-order valence-electron chi connectivity index (χ3n) is 8.02. The molecule has 1 spiro atoms. The maximum atomic E-state index is 15.2. The van der Waals surface area contributed by atoms with E-state index in [0.29, 0.717) is 53.0 Å². The molecule has 206 valence electrons. The number of pyridine rings is 1. The fourth-order valence-corrected chi connectivity index (χ4v) is 5.60. The van der Waals surface area contributed by atoms with Gasteiger partial charge in [0.05, 0.1) is 44.6 Å². The van der Waals surface area contributed by atoms with Crippen LogP contribution >= 0.6 is 0 Å². The Bertz CT molecular complexity index is 1360. The van der Waals surface area contributed by atoms with Crippen LogP contribution in [0.5, 0.6) is 17.2 Å². The summed E-state index contributed by atoms with van der Waals surface area (Å²) in [7, 11) is 1.56. The minimum atomic E-state index is -0.483. The molecule has 2 unspecified atom stereocenters. The van der Waals surface area contributed by atoms with Crippen molar-refractivity contribution in [1.29, 1.82) is 0 Å². The molecule has 2 saturated heterocycles. The Morgan fingerprint density at radius 2 is 2.05 bits per heavy atom. The second kappa shape index (κ2) is 10.5. The second-order valence-electron chi connectivity index (χ2n) is 10.7. The van der Waals surface area contributed by atoms with Crippen molar-refractivity contribution >= 4 is 23.0 Å². The molecule has 2 fully saturated rings. The molecule has 1 amide bonds. The van der Waals surface area contributed by atoms with Crippen molar-refractivity contribution in [1.82, 2.24) is 15.2 Å². The van der Waals surface area contributed by atoms with Crippen LogP contribution in [0.2, 0.25) is 0 Å². The standard InChI is InChI=1S/C29H33FN4O5/c1-18-12-20-27(30)25(15-32-28(20)33-18)39-22-5-8-31-21-14-24(23(36-2)13-19(21)22)38-11-3-4-26(35)34-9-6-29(7-10-34)16-37-17-29/h5,8,12-15,20,28,33H,3-4,6-7,9-11,16-17H2,1-2H3. The molecular formula is C29H33FN4O5. The number of aromatic nitrogens is 1. The lowest BCUT2D eigenvalue weighted by molar-refractivity contribution is -0.153.